The van der Waals surface area contributed by atoms with E-state index < -0.39 is 0 Å². The van der Waals surface area contributed by atoms with Crippen molar-refractivity contribution in [2.24, 2.45) is 0 Å². The van der Waals surface area contributed by atoms with E-state index in [4.69, 9.17) is 0 Å². The second-order valence-electron chi connectivity index (χ2n) is 5.12. The summed E-state index contributed by atoms with van der Waals surface area (Å²) in [5.41, 5.74) is 2.77. The van der Waals surface area contributed by atoms with Crippen molar-refractivity contribution in [1.82, 2.24) is 9.97 Å². The quantitative estimate of drug-likeness (QED) is 0.815. The Morgan fingerprint density at radius 3 is 2.29 bits per heavy atom. The number of nitrogens with zero attached hydrogens (tertiary/aromatic N) is 1. The first kappa shape index (κ1) is 11.6. The lowest BCUT2D eigenvalue weighted by molar-refractivity contribution is 0.590. The van der Waals surface area contributed by atoms with Crippen LogP contribution in [0.1, 0.15) is 26.3 Å². The average Bonchev–Trinajstić information content (AvgIpc) is 2.29. The molecule has 2 rings (SSSR count). The molecule has 0 radical (unpaired) electrons. The Labute approximate surface area is 101 Å². The number of aromatic nitrogens is 2. The summed E-state index contributed by atoms with van der Waals surface area (Å²) in [7, 11) is 0. The summed E-state index contributed by atoms with van der Waals surface area (Å²) in [4.78, 5) is 18.1. The highest BCUT2D eigenvalue weighted by molar-refractivity contribution is 5.61. The third-order valence-corrected chi connectivity index (χ3v) is 2.78. The standard InChI is InChI=1S/C14H16N2O/c1-14(2,3)11-6-4-10(5-7-11)12-8-15-9-16-13(12)17/h4-9H,1-3H3,(H,15,16,17). The molecule has 0 aliphatic rings. The SMILES string of the molecule is CC(C)(C)c1ccc(-c2cnc[nH]c2=O)cc1. The van der Waals surface area contributed by atoms with Crippen molar-refractivity contribution in [2.45, 2.75) is 26.2 Å². The molecule has 0 saturated carbocycles. The van der Waals surface area contributed by atoms with Gasteiger partial charge in [-0.3, -0.25) is 4.79 Å². The van der Waals surface area contributed by atoms with Crippen LogP contribution in [0.3, 0.4) is 0 Å². The molecule has 0 spiro atoms. The first-order chi connectivity index (χ1) is 7.98. The molecule has 1 N–H and O–H groups in total. The van der Waals surface area contributed by atoms with Crippen LogP contribution >= 0.6 is 0 Å². The molecule has 0 saturated heterocycles. The molecule has 0 bridgehead atoms. The smallest absolute Gasteiger partial charge is 0.258 e. The normalized spacial score (nSPS) is 11.5. The minimum atomic E-state index is -0.108. The second kappa shape index (κ2) is 4.17. The first-order valence-electron chi connectivity index (χ1n) is 5.62. The van der Waals surface area contributed by atoms with Gasteiger partial charge in [0.05, 0.1) is 11.9 Å². The van der Waals surface area contributed by atoms with Crippen LogP contribution in [-0.2, 0) is 5.41 Å². The summed E-state index contributed by atoms with van der Waals surface area (Å²) >= 11 is 0. The van der Waals surface area contributed by atoms with Gasteiger partial charge in [-0.25, -0.2) is 4.98 Å². The fourth-order valence-corrected chi connectivity index (χ4v) is 1.70. The number of hydrogen-bond acceptors (Lipinski definition) is 2. The van der Waals surface area contributed by atoms with Gasteiger partial charge >= 0.3 is 0 Å². The fourth-order valence-electron chi connectivity index (χ4n) is 1.70. The summed E-state index contributed by atoms with van der Waals surface area (Å²) in [5.74, 6) is 0. The summed E-state index contributed by atoms with van der Waals surface area (Å²) in [6.07, 6.45) is 2.99. The van der Waals surface area contributed by atoms with Crippen LogP contribution in [0.5, 0.6) is 0 Å². The lowest BCUT2D eigenvalue weighted by atomic mass is 9.86. The van der Waals surface area contributed by atoms with Crippen molar-refractivity contribution < 1.29 is 0 Å². The number of benzene rings is 1. The van der Waals surface area contributed by atoms with Gasteiger partial charge < -0.3 is 4.98 Å². The topological polar surface area (TPSA) is 45.8 Å². The largest absolute Gasteiger partial charge is 0.313 e. The second-order valence-corrected chi connectivity index (χ2v) is 5.12. The minimum Gasteiger partial charge on any atom is -0.313 e. The lowest BCUT2D eigenvalue weighted by Crippen LogP contribution is -2.11. The molecule has 0 unspecified atom stereocenters. The van der Waals surface area contributed by atoms with Gasteiger partial charge in [0.15, 0.2) is 0 Å². The molecule has 0 aliphatic carbocycles. The molecular weight excluding hydrogens is 212 g/mol. The molecule has 1 heterocycles. The molecule has 0 amide bonds. The van der Waals surface area contributed by atoms with Crippen LogP contribution in [0.4, 0.5) is 0 Å². The Hall–Kier alpha value is -1.90. The van der Waals surface area contributed by atoms with Gasteiger partial charge in [-0.15, -0.1) is 0 Å². The predicted molar refractivity (Wildman–Crippen MR) is 69.0 cm³/mol. The van der Waals surface area contributed by atoms with E-state index in [-0.39, 0.29) is 11.0 Å². The number of H-pyrrole nitrogens is 1. The van der Waals surface area contributed by atoms with Crippen LogP contribution in [0.15, 0.2) is 41.6 Å². The molecule has 1 aromatic carbocycles. The van der Waals surface area contributed by atoms with Crippen LogP contribution < -0.4 is 5.56 Å². The van der Waals surface area contributed by atoms with Crippen LogP contribution in [0.2, 0.25) is 0 Å². The molecule has 3 heteroatoms. The van der Waals surface area contributed by atoms with Crippen molar-refractivity contribution in [3.63, 3.8) is 0 Å². The zero-order chi connectivity index (χ0) is 12.5. The average molecular weight is 228 g/mol. The predicted octanol–water partition coefficient (Wildman–Crippen LogP) is 2.73. The third-order valence-electron chi connectivity index (χ3n) is 2.78. The van der Waals surface area contributed by atoms with Gasteiger partial charge in [0, 0.05) is 6.20 Å². The van der Waals surface area contributed by atoms with Gasteiger partial charge in [-0.1, -0.05) is 45.0 Å². The van der Waals surface area contributed by atoms with E-state index in [2.05, 4.69) is 42.9 Å². The molecular formula is C14H16N2O. The highest BCUT2D eigenvalue weighted by atomic mass is 16.1. The maximum atomic E-state index is 11.6. The van der Waals surface area contributed by atoms with Crippen LogP contribution in [0, 0.1) is 0 Å². The fraction of sp³-hybridized carbons (Fsp3) is 0.286. The van der Waals surface area contributed by atoms with Crippen molar-refractivity contribution >= 4 is 0 Å². The summed E-state index contributed by atoms with van der Waals surface area (Å²) < 4.78 is 0. The maximum Gasteiger partial charge on any atom is 0.258 e. The molecule has 17 heavy (non-hydrogen) atoms. The van der Waals surface area contributed by atoms with Crippen LogP contribution in [-0.4, -0.2) is 9.97 Å². The minimum absolute atomic E-state index is 0.108. The van der Waals surface area contributed by atoms with Crippen molar-refractivity contribution in [3.8, 4) is 11.1 Å². The van der Waals surface area contributed by atoms with E-state index in [1.807, 2.05) is 12.1 Å². The monoisotopic (exact) mass is 228 g/mol. The molecule has 2 aromatic rings. The molecule has 1 aromatic heterocycles. The van der Waals surface area contributed by atoms with Crippen molar-refractivity contribution in [1.29, 1.82) is 0 Å². The Bertz CT molecular complexity index is 562. The molecule has 0 fully saturated rings. The Kier molecular flexibility index (Phi) is 2.84. The zero-order valence-electron chi connectivity index (χ0n) is 10.3. The van der Waals surface area contributed by atoms with Gasteiger partial charge in [-0.05, 0) is 16.5 Å². The number of nitrogens with one attached hydrogen (secondary N) is 1. The summed E-state index contributed by atoms with van der Waals surface area (Å²) in [6.45, 7) is 6.50. The highest BCUT2D eigenvalue weighted by Crippen LogP contribution is 2.24. The molecule has 88 valence electrons. The molecule has 0 atom stereocenters. The number of rotatable bonds is 1. The maximum absolute atomic E-state index is 11.6. The van der Waals surface area contributed by atoms with E-state index >= 15 is 0 Å². The Morgan fingerprint density at radius 2 is 1.76 bits per heavy atom. The van der Waals surface area contributed by atoms with Crippen molar-refractivity contribution in [2.75, 3.05) is 0 Å². The van der Waals surface area contributed by atoms with Gasteiger partial charge in [-0.2, -0.15) is 0 Å². The van der Waals surface area contributed by atoms with Crippen molar-refractivity contribution in [3.05, 3.63) is 52.7 Å². The zero-order valence-corrected chi connectivity index (χ0v) is 10.3. The number of aromatic amines is 1. The van der Waals surface area contributed by atoms with Crippen LogP contribution in [0.25, 0.3) is 11.1 Å². The molecule has 0 aliphatic heterocycles. The van der Waals surface area contributed by atoms with E-state index in [9.17, 15) is 4.79 Å². The highest BCUT2D eigenvalue weighted by Gasteiger charge is 2.13. The van der Waals surface area contributed by atoms with E-state index in [0.29, 0.717) is 5.56 Å². The lowest BCUT2D eigenvalue weighted by Gasteiger charge is -2.19. The third kappa shape index (κ3) is 2.44. The van der Waals surface area contributed by atoms with E-state index in [1.165, 1.54) is 11.9 Å². The van der Waals surface area contributed by atoms with Gasteiger partial charge in [0.1, 0.15) is 0 Å². The molecule has 3 nitrogen and oxygen atoms in total. The van der Waals surface area contributed by atoms with E-state index in [1.54, 1.807) is 6.20 Å². The van der Waals surface area contributed by atoms with Gasteiger partial charge in [0.2, 0.25) is 0 Å². The Morgan fingerprint density at radius 1 is 1.12 bits per heavy atom. The summed E-state index contributed by atoms with van der Waals surface area (Å²) in [5, 5.41) is 0. The van der Waals surface area contributed by atoms with Gasteiger partial charge in [0.25, 0.3) is 5.56 Å². The Balaban J connectivity index is 2.44. The number of hydrogen-bond donors (Lipinski definition) is 1. The summed E-state index contributed by atoms with van der Waals surface area (Å²) in [6, 6.07) is 8.04. The van der Waals surface area contributed by atoms with E-state index in [0.717, 1.165) is 5.56 Å². The first-order valence-corrected chi connectivity index (χ1v) is 5.62.